The van der Waals surface area contributed by atoms with Crippen LogP contribution in [0.4, 0.5) is 9.59 Å². The predicted molar refractivity (Wildman–Crippen MR) is 260 cm³/mol. The molecule has 0 spiro atoms. The molecule has 1 aliphatic carbocycles. The van der Waals surface area contributed by atoms with Gasteiger partial charge < -0.3 is 28.1 Å². The Morgan fingerprint density at radius 3 is 1.98 bits per heavy atom. The summed E-state index contributed by atoms with van der Waals surface area (Å²) in [6.45, 7) is 31.2. The number of aromatic nitrogens is 4. The third kappa shape index (κ3) is 11.3. The molecule has 2 unspecified atom stereocenters. The Hall–Kier alpha value is -3.99. The number of ether oxygens (including phenoxy) is 4. The quantitative estimate of drug-likeness (QED) is 0.0856. The second-order valence-electron chi connectivity index (χ2n) is 23.1. The Morgan fingerprint density at radius 1 is 0.766 bits per heavy atom. The second kappa shape index (κ2) is 18.4. The number of rotatable bonds is 15. The molecule has 2 amide bonds. The smallest absolute Gasteiger partial charge is 0.411 e. The van der Waals surface area contributed by atoms with Crippen LogP contribution in [-0.4, -0.2) is 94.7 Å². The molecule has 12 nitrogen and oxygen atoms in total. The molecule has 0 N–H and O–H groups in total. The fraction of sp³-hybridized carbons (Fsp3) is 0.640. The Kier molecular flexibility index (Phi) is 13.8. The van der Waals surface area contributed by atoms with Crippen LogP contribution in [0.15, 0.2) is 48.7 Å². The summed E-state index contributed by atoms with van der Waals surface area (Å²) in [6.07, 6.45) is 5.83. The van der Waals surface area contributed by atoms with Crippen molar-refractivity contribution in [3.63, 3.8) is 0 Å². The molecule has 64 heavy (non-hydrogen) atoms. The fourth-order valence-corrected chi connectivity index (χ4v) is 10.7. The number of nitrogens with zero attached hydrogens (tertiary/aromatic N) is 6. The van der Waals surface area contributed by atoms with E-state index in [2.05, 4.69) is 97.8 Å². The van der Waals surface area contributed by atoms with Crippen molar-refractivity contribution in [2.75, 3.05) is 26.3 Å². The Labute approximate surface area is 384 Å². The number of hydrogen-bond donors (Lipinski definition) is 0. The Morgan fingerprint density at radius 2 is 1.36 bits per heavy atom. The van der Waals surface area contributed by atoms with Gasteiger partial charge in [-0.05, 0) is 133 Å². The number of benzene rings is 2. The molecule has 4 atom stereocenters. The average Bonchev–Trinajstić information content (AvgIpc) is 3.53. The van der Waals surface area contributed by atoms with Crippen LogP contribution in [0, 0.1) is 0 Å². The van der Waals surface area contributed by atoms with Crippen LogP contribution in [0.5, 0.6) is 0 Å². The minimum atomic E-state index is -1.29. The molecular formula is C50H76N6O6Si2. The standard InChI is InChI=1S/C50H76N6O6Si2/c1-48(2,3)61-46(57)53-24-14-16-41(53)44-51-32-43(54(44)33-59-26-28-63(8,9)10)36-19-17-35(18-20-36)38-31-39(38)37-21-22-40-42(30-37)55(34-60-27-29-64(11,12)13)45(52-40)50(7)23-15-25-56(50)47(58)62-49(4,5)6/h17-22,30,32,38-39,41H,14-16,23-29,31,33-34H2,1-13H3/t38?,39?,41-,50+/m0/s1. The Balaban J connectivity index is 1.13. The molecule has 14 heteroatoms. The van der Waals surface area contributed by atoms with Crippen molar-refractivity contribution in [1.82, 2.24) is 28.9 Å². The monoisotopic (exact) mass is 913 g/mol. The molecule has 2 aromatic carbocycles. The summed E-state index contributed by atoms with van der Waals surface area (Å²) >= 11 is 0. The van der Waals surface area contributed by atoms with Gasteiger partial charge in [0.2, 0.25) is 0 Å². The molecule has 0 bridgehead atoms. The maximum atomic E-state index is 13.6. The number of likely N-dealkylation sites (tertiary alicyclic amines) is 2. The first-order valence-corrected chi connectivity index (χ1v) is 31.1. The van der Waals surface area contributed by atoms with E-state index in [4.69, 9.17) is 28.9 Å². The van der Waals surface area contributed by atoms with Crippen molar-refractivity contribution < 1.29 is 28.5 Å². The molecule has 3 fully saturated rings. The first-order valence-electron chi connectivity index (χ1n) is 23.7. The van der Waals surface area contributed by atoms with Crippen LogP contribution >= 0.6 is 0 Å². The van der Waals surface area contributed by atoms with E-state index in [1.54, 1.807) is 0 Å². The first-order chi connectivity index (χ1) is 29.9. The van der Waals surface area contributed by atoms with Gasteiger partial charge in [0.05, 0.1) is 29.0 Å². The summed E-state index contributed by atoms with van der Waals surface area (Å²) in [7, 11) is -2.58. The highest BCUT2D eigenvalue weighted by Gasteiger charge is 2.47. The largest absolute Gasteiger partial charge is 0.444 e. The van der Waals surface area contributed by atoms with Crippen LogP contribution in [0.3, 0.4) is 0 Å². The predicted octanol–water partition coefficient (Wildman–Crippen LogP) is 12.1. The summed E-state index contributed by atoms with van der Waals surface area (Å²) in [5, 5.41) is 0. The van der Waals surface area contributed by atoms with Crippen molar-refractivity contribution in [3.8, 4) is 11.3 Å². The van der Waals surface area contributed by atoms with E-state index < -0.39 is 32.9 Å². The molecule has 4 heterocycles. The van der Waals surface area contributed by atoms with Crippen LogP contribution in [0.2, 0.25) is 51.4 Å². The molecule has 3 aliphatic rings. The molecule has 0 radical (unpaired) electrons. The van der Waals surface area contributed by atoms with Gasteiger partial charge in [-0.25, -0.2) is 19.6 Å². The molecule has 2 saturated heterocycles. The van der Waals surface area contributed by atoms with Crippen molar-refractivity contribution in [2.45, 2.75) is 180 Å². The van der Waals surface area contributed by atoms with Crippen molar-refractivity contribution in [3.05, 3.63) is 71.4 Å². The maximum absolute atomic E-state index is 13.6. The van der Waals surface area contributed by atoms with Gasteiger partial charge in [-0.2, -0.15) is 0 Å². The van der Waals surface area contributed by atoms with Gasteiger partial charge in [-0.15, -0.1) is 0 Å². The van der Waals surface area contributed by atoms with Gasteiger partial charge >= 0.3 is 12.2 Å². The van der Waals surface area contributed by atoms with Gasteiger partial charge in [0.1, 0.15) is 41.9 Å². The molecule has 2 aromatic heterocycles. The lowest BCUT2D eigenvalue weighted by molar-refractivity contribution is 0.00606. The molecule has 350 valence electrons. The van der Waals surface area contributed by atoms with E-state index in [-0.39, 0.29) is 18.2 Å². The van der Waals surface area contributed by atoms with E-state index in [0.717, 1.165) is 78.1 Å². The number of hydrogen-bond acceptors (Lipinski definition) is 8. The number of imidazole rings is 2. The number of carbonyl (C=O) groups is 2. The minimum absolute atomic E-state index is 0.179. The zero-order chi connectivity index (χ0) is 46.4. The lowest BCUT2D eigenvalue weighted by atomic mass is 9.98. The van der Waals surface area contributed by atoms with Gasteiger partial charge in [0.25, 0.3) is 0 Å². The van der Waals surface area contributed by atoms with Gasteiger partial charge in [0.15, 0.2) is 0 Å². The third-order valence-corrected chi connectivity index (χ3v) is 16.3. The summed E-state index contributed by atoms with van der Waals surface area (Å²) in [6, 6.07) is 17.6. The normalized spacial score (nSPS) is 21.9. The van der Waals surface area contributed by atoms with E-state index in [1.807, 2.05) is 57.5 Å². The van der Waals surface area contributed by atoms with Crippen LogP contribution in [-0.2, 0) is 37.9 Å². The van der Waals surface area contributed by atoms with Crippen LogP contribution < -0.4 is 0 Å². The van der Waals surface area contributed by atoms with Crippen molar-refractivity contribution >= 4 is 39.4 Å². The molecule has 2 aliphatic heterocycles. The zero-order valence-electron chi connectivity index (χ0n) is 41.2. The maximum Gasteiger partial charge on any atom is 0.411 e. The van der Waals surface area contributed by atoms with E-state index >= 15 is 0 Å². The van der Waals surface area contributed by atoms with Gasteiger partial charge in [-0.1, -0.05) is 69.6 Å². The summed E-state index contributed by atoms with van der Waals surface area (Å²) in [4.78, 5) is 40.9. The van der Waals surface area contributed by atoms with E-state index in [9.17, 15) is 9.59 Å². The van der Waals surface area contributed by atoms with Crippen LogP contribution in [0.25, 0.3) is 22.3 Å². The lowest BCUT2D eigenvalue weighted by Crippen LogP contribution is -2.46. The second-order valence-corrected chi connectivity index (χ2v) is 34.4. The Bertz CT molecular complexity index is 2280. The van der Waals surface area contributed by atoms with Gasteiger partial charge in [-0.3, -0.25) is 9.80 Å². The fourth-order valence-electron chi connectivity index (χ4n) is 9.22. The SMILES string of the molecule is CC(C)(C)OC(=O)N1CCC[C@H]1c1ncc(-c2ccc(C3CC3c3ccc4nc([C@@]5(C)CCCN5C(=O)OC(C)(C)C)n(COCC[Si](C)(C)C)c4c3)cc2)n1COCC[Si](C)(C)C. The van der Waals surface area contributed by atoms with E-state index in [1.165, 1.54) is 11.1 Å². The zero-order valence-corrected chi connectivity index (χ0v) is 43.2. The molecule has 1 saturated carbocycles. The summed E-state index contributed by atoms with van der Waals surface area (Å²) < 4.78 is 28.9. The van der Waals surface area contributed by atoms with Gasteiger partial charge in [0, 0.05) is 42.5 Å². The highest BCUT2D eigenvalue weighted by Crippen LogP contribution is 2.55. The highest BCUT2D eigenvalue weighted by molar-refractivity contribution is 6.76. The first kappa shape index (κ1) is 48.0. The number of fused-ring (bicyclic) bond motifs is 1. The molecular weight excluding hydrogens is 837 g/mol. The molecule has 4 aromatic rings. The summed E-state index contributed by atoms with van der Waals surface area (Å²) in [5.74, 6) is 2.48. The van der Waals surface area contributed by atoms with Crippen molar-refractivity contribution in [2.24, 2.45) is 0 Å². The van der Waals surface area contributed by atoms with Crippen LogP contribution in [0.1, 0.15) is 121 Å². The lowest BCUT2D eigenvalue weighted by Gasteiger charge is -2.36. The number of amides is 2. The average molecular weight is 913 g/mol. The highest BCUT2D eigenvalue weighted by atomic mass is 28.3. The number of carbonyl (C=O) groups excluding carboxylic acids is 2. The topological polar surface area (TPSA) is 113 Å². The van der Waals surface area contributed by atoms with Crippen molar-refractivity contribution in [1.29, 1.82) is 0 Å². The molecule has 7 rings (SSSR count). The minimum Gasteiger partial charge on any atom is -0.444 e. The third-order valence-electron chi connectivity index (χ3n) is 12.9. The van der Waals surface area contributed by atoms with E-state index in [0.29, 0.717) is 51.6 Å². The summed E-state index contributed by atoms with van der Waals surface area (Å²) in [5.41, 5.74) is 4.83.